The second-order valence-corrected chi connectivity index (χ2v) is 5.59. The minimum Gasteiger partial charge on any atom is -0.397 e. The van der Waals surface area contributed by atoms with Gasteiger partial charge in [0.25, 0.3) is 0 Å². The van der Waals surface area contributed by atoms with Crippen LogP contribution in [0.2, 0.25) is 5.02 Å². The molecule has 0 bridgehead atoms. The highest BCUT2D eigenvalue weighted by Gasteiger charge is 2.09. The first-order valence-electron chi connectivity index (χ1n) is 5.85. The van der Waals surface area contributed by atoms with Crippen molar-refractivity contribution in [1.82, 2.24) is 0 Å². The van der Waals surface area contributed by atoms with E-state index in [4.69, 9.17) is 17.3 Å². The molecule has 0 fully saturated rings. The summed E-state index contributed by atoms with van der Waals surface area (Å²) in [6.45, 7) is 1.93. The quantitative estimate of drug-likeness (QED) is 0.688. The predicted octanol–water partition coefficient (Wildman–Crippen LogP) is 4.64. The number of halogens is 2. The number of carbonyl (C=O) groups is 1. The van der Waals surface area contributed by atoms with Crippen LogP contribution >= 0.6 is 27.5 Å². The second kappa shape index (κ2) is 6.15. The molecule has 0 spiro atoms. The van der Waals surface area contributed by atoms with Crippen LogP contribution < -0.4 is 16.4 Å². The number of urea groups is 1. The lowest BCUT2D eigenvalue weighted by Crippen LogP contribution is -2.20. The summed E-state index contributed by atoms with van der Waals surface area (Å²) in [6, 6.07) is 10.1. The number of nitrogen functional groups attached to an aromatic ring is 1. The van der Waals surface area contributed by atoms with Crippen LogP contribution in [-0.2, 0) is 0 Å². The highest BCUT2D eigenvalue weighted by Crippen LogP contribution is 2.30. The molecule has 0 aliphatic rings. The van der Waals surface area contributed by atoms with Gasteiger partial charge in [0.2, 0.25) is 0 Å². The first-order chi connectivity index (χ1) is 9.45. The van der Waals surface area contributed by atoms with E-state index in [2.05, 4.69) is 26.6 Å². The van der Waals surface area contributed by atoms with E-state index in [0.29, 0.717) is 22.1 Å². The lowest BCUT2D eigenvalue weighted by molar-refractivity contribution is 0.262. The van der Waals surface area contributed by atoms with Crippen LogP contribution in [0.4, 0.5) is 21.9 Å². The molecule has 0 saturated carbocycles. The van der Waals surface area contributed by atoms with Crippen molar-refractivity contribution >= 4 is 50.6 Å². The number of hydrogen-bond donors (Lipinski definition) is 3. The molecule has 0 heterocycles. The van der Waals surface area contributed by atoms with Crippen LogP contribution in [0.3, 0.4) is 0 Å². The van der Waals surface area contributed by atoms with Crippen molar-refractivity contribution in [3.63, 3.8) is 0 Å². The topological polar surface area (TPSA) is 67.1 Å². The molecule has 2 amide bonds. The van der Waals surface area contributed by atoms with Gasteiger partial charge in [-0.15, -0.1) is 0 Å². The Kier molecular flexibility index (Phi) is 4.52. The molecule has 0 aliphatic heterocycles. The van der Waals surface area contributed by atoms with E-state index in [9.17, 15) is 4.79 Å². The fourth-order valence-corrected chi connectivity index (χ4v) is 2.53. The number of aryl methyl sites for hydroxylation is 1. The third kappa shape index (κ3) is 3.65. The summed E-state index contributed by atoms with van der Waals surface area (Å²) >= 11 is 9.16. The molecule has 0 radical (unpaired) electrons. The van der Waals surface area contributed by atoms with E-state index in [1.54, 1.807) is 30.3 Å². The Morgan fingerprint density at radius 3 is 2.45 bits per heavy atom. The number of nitrogens with two attached hydrogens (primary N) is 1. The number of carbonyl (C=O) groups excluding carboxylic acids is 1. The Labute approximate surface area is 130 Å². The number of hydrogen-bond acceptors (Lipinski definition) is 2. The minimum absolute atomic E-state index is 0.372. The molecule has 20 heavy (non-hydrogen) atoms. The largest absolute Gasteiger partial charge is 0.397 e. The number of nitrogens with one attached hydrogen (secondary N) is 2. The Morgan fingerprint density at radius 1 is 1.20 bits per heavy atom. The minimum atomic E-state index is -0.372. The molecule has 2 rings (SSSR count). The summed E-state index contributed by atoms with van der Waals surface area (Å²) in [5.74, 6) is 0. The zero-order chi connectivity index (χ0) is 14.7. The number of benzene rings is 2. The van der Waals surface area contributed by atoms with Gasteiger partial charge in [0.05, 0.1) is 11.4 Å². The summed E-state index contributed by atoms with van der Waals surface area (Å²) < 4.78 is 0.737. The molecular formula is C14H13BrClN3O. The third-order valence-electron chi connectivity index (χ3n) is 2.61. The summed E-state index contributed by atoms with van der Waals surface area (Å²) in [7, 11) is 0. The van der Waals surface area contributed by atoms with Gasteiger partial charge in [0.15, 0.2) is 0 Å². The average molecular weight is 355 g/mol. The van der Waals surface area contributed by atoms with Crippen molar-refractivity contribution < 1.29 is 4.79 Å². The van der Waals surface area contributed by atoms with Gasteiger partial charge in [-0.05, 0) is 64.8 Å². The summed E-state index contributed by atoms with van der Waals surface area (Å²) in [4.78, 5) is 11.9. The number of rotatable bonds is 2. The predicted molar refractivity (Wildman–Crippen MR) is 87.4 cm³/mol. The van der Waals surface area contributed by atoms with Gasteiger partial charge in [0.1, 0.15) is 0 Å². The monoisotopic (exact) mass is 353 g/mol. The van der Waals surface area contributed by atoms with Gasteiger partial charge in [0, 0.05) is 15.2 Å². The van der Waals surface area contributed by atoms with Gasteiger partial charge >= 0.3 is 6.03 Å². The van der Waals surface area contributed by atoms with Crippen molar-refractivity contribution in [1.29, 1.82) is 0 Å². The zero-order valence-corrected chi connectivity index (χ0v) is 13.0. The van der Waals surface area contributed by atoms with Crippen LogP contribution in [0.15, 0.2) is 40.9 Å². The Hall–Kier alpha value is -1.72. The maximum Gasteiger partial charge on any atom is 0.323 e. The van der Waals surface area contributed by atoms with Gasteiger partial charge in [-0.25, -0.2) is 4.79 Å². The van der Waals surface area contributed by atoms with Crippen molar-refractivity contribution in [3.8, 4) is 0 Å². The molecule has 0 aliphatic carbocycles. The van der Waals surface area contributed by atoms with Crippen LogP contribution in [-0.4, -0.2) is 6.03 Å². The lowest BCUT2D eigenvalue weighted by Gasteiger charge is -2.12. The van der Waals surface area contributed by atoms with Crippen molar-refractivity contribution in [2.75, 3.05) is 16.4 Å². The Morgan fingerprint density at radius 2 is 1.85 bits per heavy atom. The van der Waals surface area contributed by atoms with Gasteiger partial charge in [-0.1, -0.05) is 11.6 Å². The van der Waals surface area contributed by atoms with Crippen LogP contribution in [0.25, 0.3) is 0 Å². The Bertz CT molecular complexity index is 620. The molecule has 104 valence electrons. The molecule has 4 N–H and O–H groups in total. The standard InChI is InChI=1S/C14H13BrClN3O/c1-8-6-11(15)13(12(17)7-8)19-14(20)18-10-4-2-9(16)3-5-10/h2-7H,17H2,1H3,(H2,18,19,20). The molecule has 0 aromatic heterocycles. The van der Waals surface area contributed by atoms with Crippen molar-refractivity contribution in [3.05, 3.63) is 51.5 Å². The first kappa shape index (κ1) is 14.7. The van der Waals surface area contributed by atoms with E-state index in [-0.39, 0.29) is 6.03 Å². The number of anilines is 3. The highest BCUT2D eigenvalue weighted by molar-refractivity contribution is 9.10. The number of amides is 2. The van der Waals surface area contributed by atoms with Crippen molar-refractivity contribution in [2.45, 2.75) is 6.92 Å². The molecule has 4 nitrogen and oxygen atoms in total. The molecule has 0 saturated heterocycles. The molecule has 0 atom stereocenters. The maximum atomic E-state index is 11.9. The van der Waals surface area contributed by atoms with E-state index >= 15 is 0 Å². The lowest BCUT2D eigenvalue weighted by atomic mass is 10.2. The third-order valence-corrected chi connectivity index (χ3v) is 3.48. The second-order valence-electron chi connectivity index (χ2n) is 4.30. The molecule has 2 aromatic carbocycles. The van der Waals surface area contributed by atoms with Gasteiger partial charge in [-0.3, -0.25) is 0 Å². The highest BCUT2D eigenvalue weighted by atomic mass is 79.9. The molecular weight excluding hydrogens is 342 g/mol. The average Bonchev–Trinajstić information content (AvgIpc) is 2.36. The SMILES string of the molecule is Cc1cc(N)c(NC(=O)Nc2ccc(Cl)cc2)c(Br)c1. The van der Waals surface area contributed by atoms with Crippen LogP contribution in [0, 0.1) is 6.92 Å². The normalized spacial score (nSPS) is 10.2. The first-order valence-corrected chi connectivity index (χ1v) is 7.02. The molecule has 0 unspecified atom stereocenters. The smallest absolute Gasteiger partial charge is 0.323 e. The van der Waals surface area contributed by atoms with E-state index in [0.717, 1.165) is 10.0 Å². The van der Waals surface area contributed by atoms with Gasteiger partial charge in [-0.2, -0.15) is 0 Å². The fourth-order valence-electron chi connectivity index (χ4n) is 1.71. The molecule has 2 aromatic rings. The van der Waals surface area contributed by atoms with E-state index in [1.807, 2.05) is 13.0 Å². The summed E-state index contributed by atoms with van der Waals surface area (Å²) in [5, 5.41) is 6.03. The Balaban J connectivity index is 2.10. The molecule has 6 heteroatoms. The summed E-state index contributed by atoms with van der Waals surface area (Å²) in [5.41, 5.74) is 8.60. The van der Waals surface area contributed by atoms with E-state index in [1.165, 1.54) is 0 Å². The van der Waals surface area contributed by atoms with E-state index < -0.39 is 0 Å². The zero-order valence-electron chi connectivity index (χ0n) is 10.7. The van der Waals surface area contributed by atoms with Crippen molar-refractivity contribution in [2.24, 2.45) is 0 Å². The van der Waals surface area contributed by atoms with Crippen LogP contribution in [0.5, 0.6) is 0 Å². The van der Waals surface area contributed by atoms with Crippen LogP contribution in [0.1, 0.15) is 5.56 Å². The fraction of sp³-hybridized carbons (Fsp3) is 0.0714. The van der Waals surface area contributed by atoms with Gasteiger partial charge < -0.3 is 16.4 Å². The maximum absolute atomic E-state index is 11.9. The summed E-state index contributed by atoms with van der Waals surface area (Å²) in [6.07, 6.45) is 0.